The predicted octanol–water partition coefficient (Wildman–Crippen LogP) is 4.19. The third-order valence-electron chi connectivity index (χ3n) is 3.23. The van der Waals surface area contributed by atoms with Crippen LogP contribution in [0.25, 0.3) is 0 Å². The van der Waals surface area contributed by atoms with Crippen molar-refractivity contribution in [3.05, 3.63) is 63.6 Å². The summed E-state index contributed by atoms with van der Waals surface area (Å²) in [4.78, 5) is 12.0. The van der Waals surface area contributed by atoms with E-state index in [0.29, 0.717) is 5.56 Å². The molecule has 0 radical (unpaired) electrons. The molecule has 0 spiro atoms. The Hall–Kier alpha value is -1.72. The lowest BCUT2D eigenvalue weighted by Gasteiger charge is -2.14. The zero-order valence-corrected chi connectivity index (χ0v) is 14.1. The van der Waals surface area contributed by atoms with Gasteiger partial charge in [0.15, 0.2) is 5.11 Å². The topological polar surface area (TPSA) is 41.1 Å². The molecule has 0 aliphatic rings. The van der Waals surface area contributed by atoms with Gasteiger partial charge in [-0.3, -0.25) is 10.1 Å². The second-order valence-electron chi connectivity index (χ2n) is 4.62. The maximum atomic E-state index is 12.0. The van der Waals surface area contributed by atoms with E-state index < -0.39 is 0 Å². The summed E-state index contributed by atoms with van der Waals surface area (Å²) in [6.45, 7) is 4.03. The Labute approximate surface area is 137 Å². The molecule has 0 unspecified atom stereocenters. The van der Waals surface area contributed by atoms with Gasteiger partial charge in [0, 0.05) is 15.7 Å². The van der Waals surface area contributed by atoms with Crippen molar-refractivity contribution >= 4 is 44.9 Å². The third kappa shape index (κ3) is 3.89. The van der Waals surface area contributed by atoms with Crippen LogP contribution >= 0.6 is 28.1 Å². The summed E-state index contributed by atoms with van der Waals surface area (Å²) in [5.74, 6) is -0.223. The average molecular weight is 363 g/mol. The lowest BCUT2D eigenvalue weighted by atomic mass is 10.1. The van der Waals surface area contributed by atoms with E-state index in [1.165, 1.54) is 0 Å². The number of rotatable bonds is 2. The molecular formula is C16H15BrN2OS. The highest BCUT2D eigenvalue weighted by atomic mass is 79.9. The number of hydrogen-bond acceptors (Lipinski definition) is 2. The van der Waals surface area contributed by atoms with E-state index >= 15 is 0 Å². The number of hydrogen-bond donors (Lipinski definition) is 2. The van der Waals surface area contributed by atoms with Crippen LogP contribution in [0.15, 0.2) is 46.9 Å². The quantitative estimate of drug-likeness (QED) is 0.786. The number of anilines is 1. The van der Waals surface area contributed by atoms with Crippen molar-refractivity contribution in [3.8, 4) is 0 Å². The molecule has 0 aromatic heterocycles. The fourth-order valence-corrected chi connectivity index (χ4v) is 2.47. The van der Waals surface area contributed by atoms with Crippen LogP contribution in [0.3, 0.4) is 0 Å². The minimum absolute atomic E-state index is 0.223. The van der Waals surface area contributed by atoms with Crippen LogP contribution in [-0.2, 0) is 0 Å². The Kier molecular flexibility index (Phi) is 5.09. The standard InChI is InChI=1S/C16H15BrN2OS/c1-10-11(2)14(9-8-13(10)17)18-16(21)19-15(20)12-6-4-3-5-7-12/h3-9H,1-2H3,(H2,18,19,20,21). The smallest absolute Gasteiger partial charge is 0.257 e. The number of nitrogens with one attached hydrogen (secondary N) is 2. The van der Waals surface area contributed by atoms with Gasteiger partial charge in [0.2, 0.25) is 0 Å². The highest BCUT2D eigenvalue weighted by Crippen LogP contribution is 2.25. The molecule has 0 bridgehead atoms. The summed E-state index contributed by atoms with van der Waals surface area (Å²) in [5.41, 5.74) is 3.68. The highest BCUT2D eigenvalue weighted by molar-refractivity contribution is 9.10. The Morgan fingerprint density at radius 1 is 1.05 bits per heavy atom. The first kappa shape index (κ1) is 15.7. The van der Waals surface area contributed by atoms with Gasteiger partial charge in [-0.15, -0.1) is 0 Å². The second kappa shape index (κ2) is 6.83. The lowest BCUT2D eigenvalue weighted by molar-refractivity contribution is 0.0977. The molecule has 1 amide bonds. The van der Waals surface area contributed by atoms with E-state index in [0.717, 1.165) is 21.3 Å². The molecule has 3 nitrogen and oxygen atoms in total. The van der Waals surface area contributed by atoms with Crippen LogP contribution in [0.1, 0.15) is 21.5 Å². The molecule has 0 aliphatic carbocycles. The molecular weight excluding hydrogens is 348 g/mol. The van der Waals surface area contributed by atoms with Crippen LogP contribution in [0.2, 0.25) is 0 Å². The molecule has 5 heteroatoms. The summed E-state index contributed by atoms with van der Waals surface area (Å²) in [7, 11) is 0. The molecule has 108 valence electrons. The van der Waals surface area contributed by atoms with Crippen molar-refractivity contribution in [1.29, 1.82) is 0 Å². The van der Waals surface area contributed by atoms with E-state index in [9.17, 15) is 4.79 Å². The van der Waals surface area contributed by atoms with Crippen molar-refractivity contribution in [2.45, 2.75) is 13.8 Å². The highest BCUT2D eigenvalue weighted by Gasteiger charge is 2.09. The number of thiocarbonyl (C=S) groups is 1. The van der Waals surface area contributed by atoms with Crippen molar-refractivity contribution in [2.24, 2.45) is 0 Å². The molecule has 0 atom stereocenters. The maximum Gasteiger partial charge on any atom is 0.257 e. The zero-order valence-electron chi connectivity index (χ0n) is 11.7. The number of carbonyl (C=O) groups is 1. The largest absolute Gasteiger partial charge is 0.332 e. The second-order valence-corrected chi connectivity index (χ2v) is 5.88. The minimum atomic E-state index is -0.223. The molecule has 21 heavy (non-hydrogen) atoms. The molecule has 2 aromatic carbocycles. The molecule has 2 aromatic rings. The fraction of sp³-hybridized carbons (Fsp3) is 0.125. The summed E-state index contributed by atoms with van der Waals surface area (Å²) in [5, 5.41) is 6.02. The van der Waals surface area contributed by atoms with E-state index in [4.69, 9.17) is 12.2 Å². The molecule has 2 rings (SSSR count). The first-order chi connectivity index (χ1) is 9.99. The van der Waals surface area contributed by atoms with E-state index in [-0.39, 0.29) is 11.0 Å². The molecule has 0 heterocycles. The van der Waals surface area contributed by atoms with Crippen molar-refractivity contribution < 1.29 is 4.79 Å². The van der Waals surface area contributed by atoms with Gasteiger partial charge in [-0.25, -0.2) is 0 Å². The summed E-state index contributed by atoms with van der Waals surface area (Å²) < 4.78 is 1.05. The third-order valence-corrected chi connectivity index (χ3v) is 4.30. The molecule has 0 aliphatic heterocycles. The van der Waals surface area contributed by atoms with E-state index in [1.54, 1.807) is 12.1 Å². The first-order valence-corrected chi connectivity index (χ1v) is 7.62. The minimum Gasteiger partial charge on any atom is -0.332 e. The average Bonchev–Trinajstić information content (AvgIpc) is 2.49. The normalized spacial score (nSPS) is 10.0. The van der Waals surface area contributed by atoms with Gasteiger partial charge in [-0.05, 0) is 61.5 Å². The van der Waals surface area contributed by atoms with Crippen LogP contribution in [0, 0.1) is 13.8 Å². The summed E-state index contributed by atoms with van der Waals surface area (Å²) >= 11 is 8.68. The van der Waals surface area contributed by atoms with Gasteiger partial charge in [-0.1, -0.05) is 34.1 Å². The zero-order chi connectivity index (χ0) is 15.4. The Morgan fingerprint density at radius 3 is 2.38 bits per heavy atom. The summed E-state index contributed by atoms with van der Waals surface area (Å²) in [6.07, 6.45) is 0. The molecule has 0 saturated carbocycles. The Bertz CT molecular complexity index is 686. The van der Waals surface area contributed by atoms with Gasteiger partial charge in [-0.2, -0.15) is 0 Å². The van der Waals surface area contributed by atoms with E-state index in [1.807, 2.05) is 44.2 Å². The van der Waals surface area contributed by atoms with Gasteiger partial charge < -0.3 is 5.32 Å². The lowest BCUT2D eigenvalue weighted by Crippen LogP contribution is -2.34. The molecule has 0 fully saturated rings. The maximum absolute atomic E-state index is 12.0. The van der Waals surface area contributed by atoms with Crippen molar-refractivity contribution in [3.63, 3.8) is 0 Å². The van der Waals surface area contributed by atoms with E-state index in [2.05, 4.69) is 26.6 Å². The number of halogens is 1. The van der Waals surface area contributed by atoms with Crippen molar-refractivity contribution in [2.75, 3.05) is 5.32 Å². The fourth-order valence-electron chi connectivity index (χ4n) is 1.84. The van der Waals surface area contributed by atoms with Gasteiger partial charge >= 0.3 is 0 Å². The van der Waals surface area contributed by atoms with Crippen LogP contribution < -0.4 is 10.6 Å². The van der Waals surface area contributed by atoms with Crippen LogP contribution in [0.5, 0.6) is 0 Å². The Morgan fingerprint density at radius 2 is 1.71 bits per heavy atom. The van der Waals surface area contributed by atoms with Crippen LogP contribution in [-0.4, -0.2) is 11.0 Å². The van der Waals surface area contributed by atoms with Gasteiger partial charge in [0.1, 0.15) is 0 Å². The number of amides is 1. The van der Waals surface area contributed by atoms with Crippen molar-refractivity contribution in [1.82, 2.24) is 5.32 Å². The Balaban J connectivity index is 2.06. The SMILES string of the molecule is Cc1c(Br)ccc(NC(=S)NC(=O)c2ccccc2)c1C. The van der Waals surface area contributed by atoms with Crippen LogP contribution in [0.4, 0.5) is 5.69 Å². The van der Waals surface area contributed by atoms with Gasteiger partial charge in [0.05, 0.1) is 0 Å². The van der Waals surface area contributed by atoms with Gasteiger partial charge in [0.25, 0.3) is 5.91 Å². The molecule has 2 N–H and O–H groups in total. The first-order valence-electron chi connectivity index (χ1n) is 6.42. The monoisotopic (exact) mass is 362 g/mol. The summed E-state index contributed by atoms with van der Waals surface area (Å²) in [6, 6.07) is 12.8. The number of carbonyl (C=O) groups excluding carboxylic acids is 1. The predicted molar refractivity (Wildman–Crippen MR) is 93.7 cm³/mol. The molecule has 0 saturated heterocycles. The number of benzene rings is 2.